The third-order valence-electron chi connectivity index (χ3n) is 7.01. The van der Waals surface area contributed by atoms with Crippen molar-refractivity contribution in [1.29, 1.82) is 0 Å². The average molecular weight is 563 g/mol. The molecule has 1 atom stereocenters. The highest BCUT2D eigenvalue weighted by Crippen LogP contribution is 2.41. The Morgan fingerprint density at radius 2 is 1.90 bits per heavy atom. The Morgan fingerprint density at radius 1 is 1.10 bits per heavy atom. The number of nitrogens with zero attached hydrogens (tertiary/aromatic N) is 5. The molecule has 2 bridgehead atoms. The van der Waals surface area contributed by atoms with Crippen molar-refractivity contribution in [3.63, 3.8) is 0 Å². The van der Waals surface area contributed by atoms with Gasteiger partial charge in [0, 0.05) is 29.9 Å². The van der Waals surface area contributed by atoms with E-state index in [4.69, 9.17) is 20.9 Å². The number of halogens is 3. The molecule has 210 valence electrons. The Balaban J connectivity index is 1.28. The zero-order chi connectivity index (χ0) is 28.7. The fraction of sp³-hybridized carbons (Fsp3) is 0.214. The second kappa shape index (κ2) is 10.2. The number of rotatable bonds is 5. The van der Waals surface area contributed by atoms with Crippen LogP contribution in [0.2, 0.25) is 0 Å². The van der Waals surface area contributed by atoms with E-state index in [2.05, 4.69) is 20.2 Å². The van der Waals surface area contributed by atoms with E-state index in [0.717, 1.165) is 30.8 Å². The lowest BCUT2D eigenvalue weighted by Crippen LogP contribution is -2.48. The molecule has 0 spiro atoms. The summed E-state index contributed by atoms with van der Waals surface area (Å²) in [7, 11) is 0. The van der Waals surface area contributed by atoms with Crippen LogP contribution in [0.5, 0.6) is 0 Å². The van der Waals surface area contributed by atoms with E-state index in [1.165, 1.54) is 6.07 Å². The molecule has 5 N–H and O–H groups in total. The summed E-state index contributed by atoms with van der Waals surface area (Å²) in [5.74, 6) is 1.14. The standard InChI is InChI=1S/C28H25F3N8O2/c29-28(30,31)18-5-1-3-16(11-18)21-7-8-22-25(37-21)39(20-9-10-38(22)15-20)27(40)36-19-6-2-4-17(12-19)23-13-34-24(41-23)14-35-26(32)33/h1-8,11-13,20H,9-10,14-15H2,(H,36,40)(H4,32,33,35)/t20-/m0/s1. The first-order valence-corrected chi connectivity index (χ1v) is 12.8. The van der Waals surface area contributed by atoms with Gasteiger partial charge in [-0.15, -0.1) is 0 Å². The first-order chi connectivity index (χ1) is 19.7. The number of carbonyl (C=O) groups excluding carboxylic acids is 1. The van der Waals surface area contributed by atoms with Crippen LogP contribution in [-0.4, -0.2) is 41.1 Å². The molecular weight excluding hydrogens is 537 g/mol. The first-order valence-electron chi connectivity index (χ1n) is 12.8. The highest BCUT2D eigenvalue weighted by molar-refractivity contribution is 6.05. The average Bonchev–Trinajstić information content (AvgIpc) is 3.60. The van der Waals surface area contributed by atoms with Gasteiger partial charge in [-0.05, 0) is 42.8 Å². The molecule has 2 aromatic heterocycles. The Labute approximate surface area is 232 Å². The van der Waals surface area contributed by atoms with Gasteiger partial charge in [0.2, 0.25) is 5.89 Å². The SMILES string of the molecule is NC(N)=NCc1ncc(-c2cccc(NC(=O)N3c4nc(-c5cccc(C(F)(F)F)c5)ccc4N4CC[C@H]3C4)c2)o1. The summed E-state index contributed by atoms with van der Waals surface area (Å²) >= 11 is 0. The number of guanidine groups is 1. The molecule has 6 rings (SSSR count). The number of hydrogen-bond acceptors (Lipinski definition) is 6. The van der Waals surface area contributed by atoms with Crippen molar-refractivity contribution >= 4 is 29.2 Å². The monoisotopic (exact) mass is 562 g/mol. The van der Waals surface area contributed by atoms with Crippen LogP contribution < -0.4 is 26.6 Å². The predicted molar refractivity (Wildman–Crippen MR) is 148 cm³/mol. The van der Waals surface area contributed by atoms with Crippen LogP contribution in [0.1, 0.15) is 17.9 Å². The number of benzene rings is 2. The summed E-state index contributed by atoms with van der Waals surface area (Å²) in [4.78, 5) is 30.2. The van der Waals surface area contributed by atoms with Crippen LogP contribution in [0.4, 0.5) is 35.2 Å². The summed E-state index contributed by atoms with van der Waals surface area (Å²) in [6, 6.07) is 15.1. The number of aliphatic imine (C=N–C) groups is 1. The topological polar surface area (TPSA) is 139 Å². The van der Waals surface area contributed by atoms with E-state index >= 15 is 0 Å². The minimum atomic E-state index is -4.48. The van der Waals surface area contributed by atoms with E-state index in [1.54, 1.807) is 41.4 Å². The lowest BCUT2D eigenvalue weighted by Gasteiger charge is -2.36. The van der Waals surface area contributed by atoms with Crippen LogP contribution in [0.3, 0.4) is 0 Å². The maximum absolute atomic E-state index is 13.7. The van der Waals surface area contributed by atoms with E-state index in [1.807, 2.05) is 12.1 Å². The highest BCUT2D eigenvalue weighted by Gasteiger charge is 2.40. The van der Waals surface area contributed by atoms with Crippen molar-refractivity contribution in [2.45, 2.75) is 25.2 Å². The Kier molecular flexibility index (Phi) is 6.48. The Morgan fingerprint density at radius 3 is 2.71 bits per heavy atom. The van der Waals surface area contributed by atoms with Crippen molar-refractivity contribution in [3.05, 3.63) is 78.3 Å². The van der Waals surface area contributed by atoms with E-state index in [9.17, 15) is 18.0 Å². The molecule has 2 amide bonds. The molecule has 4 heterocycles. The van der Waals surface area contributed by atoms with E-state index in [0.29, 0.717) is 46.5 Å². The van der Waals surface area contributed by atoms with Crippen LogP contribution in [-0.2, 0) is 12.7 Å². The van der Waals surface area contributed by atoms with Gasteiger partial charge in [0.05, 0.1) is 29.2 Å². The molecule has 2 aromatic carbocycles. The molecule has 1 saturated heterocycles. The second-order valence-corrected chi connectivity index (χ2v) is 9.75. The lowest BCUT2D eigenvalue weighted by molar-refractivity contribution is -0.137. The fourth-order valence-electron chi connectivity index (χ4n) is 5.10. The summed E-state index contributed by atoms with van der Waals surface area (Å²) in [5, 5.41) is 2.94. The van der Waals surface area contributed by atoms with E-state index < -0.39 is 17.8 Å². The minimum absolute atomic E-state index is 0.0735. The third kappa shape index (κ3) is 5.25. The number of hydrogen-bond donors (Lipinski definition) is 3. The number of nitrogens with one attached hydrogen (secondary N) is 1. The normalized spacial score (nSPS) is 15.9. The molecule has 0 saturated carbocycles. The van der Waals surface area contributed by atoms with Gasteiger partial charge in [0.15, 0.2) is 17.5 Å². The zero-order valence-corrected chi connectivity index (χ0v) is 21.6. The van der Waals surface area contributed by atoms with Crippen molar-refractivity contribution < 1.29 is 22.4 Å². The molecule has 0 aliphatic carbocycles. The molecule has 10 nitrogen and oxygen atoms in total. The van der Waals surface area contributed by atoms with Crippen LogP contribution in [0.25, 0.3) is 22.6 Å². The molecule has 13 heteroatoms. The van der Waals surface area contributed by atoms with Gasteiger partial charge < -0.3 is 26.1 Å². The van der Waals surface area contributed by atoms with Gasteiger partial charge >= 0.3 is 12.2 Å². The van der Waals surface area contributed by atoms with Gasteiger partial charge in [-0.1, -0.05) is 24.3 Å². The maximum atomic E-state index is 13.7. The third-order valence-corrected chi connectivity index (χ3v) is 7.01. The fourth-order valence-corrected chi connectivity index (χ4v) is 5.10. The number of oxazole rings is 1. The molecule has 2 aliphatic heterocycles. The summed E-state index contributed by atoms with van der Waals surface area (Å²) in [6.45, 7) is 1.48. The number of alkyl halides is 3. The first kappa shape index (κ1) is 26.2. The zero-order valence-electron chi connectivity index (χ0n) is 21.6. The highest BCUT2D eigenvalue weighted by atomic mass is 19.4. The summed E-state index contributed by atoms with van der Waals surface area (Å²) in [5.41, 5.74) is 12.6. The van der Waals surface area contributed by atoms with Gasteiger partial charge in [-0.25, -0.2) is 19.8 Å². The Bertz CT molecular complexity index is 1650. The molecule has 4 aromatic rings. The van der Waals surface area contributed by atoms with Crippen molar-refractivity contribution in [3.8, 4) is 22.6 Å². The minimum Gasteiger partial charge on any atom is -0.439 e. The van der Waals surface area contributed by atoms with Crippen LogP contribution in [0, 0.1) is 0 Å². The number of urea groups is 1. The quantitative estimate of drug-likeness (QED) is 0.234. The maximum Gasteiger partial charge on any atom is 0.416 e. The Hall–Kier alpha value is -5.07. The van der Waals surface area contributed by atoms with Gasteiger partial charge in [0.25, 0.3) is 0 Å². The predicted octanol–water partition coefficient (Wildman–Crippen LogP) is 4.83. The number of amides is 2. The molecular formula is C28H25F3N8O2. The summed E-state index contributed by atoms with van der Waals surface area (Å²) < 4.78 is 45.7. The molecule has 0 radical (unpaired) electrons. The van der Waals surface area contributed by atoms with Gasteiger partial charge in [-0.3, -0.25) is 4.90 Å². The second-order valence-electron chi connectivity index (χ2n) is 9.75. The molecule has 41 heavy (non-hydrogen) atoms. The molecule has 0 unspecified atom stereocenters. The smallest absolute Gasteiger partial charge is 0.416 e. The number of aromatic nitrogens is 2. The number of carbonyl (C=O) groups is 1. The van der Waals surface area contributed by atoms with Crippen molar-refractivity contribution in [2.75, 3.05) is 28.2 Å². The molecule has 1 fully saturated rings. The van der Waals surface area contributed by atoms with Crippen molar-refractivity contribution in [1.82, 2.24) is 9.97 Å². The largest absolute Gasteiger partial charge is 0.439 e. The van der Waals surface area contributed by atoms with Crippen LogP contribution in [0.15, 0.2) is 76.3 Å². The van der Waals surface area contributed by atoms with Gasteiger partial charge in [0.1, 0.15) is 6.54 Å². The number of anilines is 3. The number of nitrogens with two attached hydrogens (primary N) is 2. The number of pyridine rings is 1. The molecule has 2 aliphatic rings. The van der Waals surface area contributed by atoms with Crippen molar-refractivity contribution in [2.24, 2.45) is 16.5 Å². The van der Waals surface area contributed by atoms with Gasteiger partial charge in [-0.2, -0.15) is 13.2 Å². The summed E-state index contributed by atoms with van der Waals surface area (Å²) in [6.07, 6.45) is -2.19. The lowest BCUT2D eigenvalue weighted by atomic mass is 10.1. The van der Waals surface area contributed by atoms with Crippen LogP contribution >= 0.6 is 0 Å². The van der Waals surface area contributed by atoms with E-state index in [-0.39, 0.29) is 18.5 Å². The number of fused-ring (bicyclic) bond motifs is 4.